The zero-order chi connectivity index (χ0) is 21.3. The van der Waals surface area contributed by atoms with E-state index in [1.54, 1.807) is 18.2 Å². The summed E-state index contributed by atoms with van der Waals surface area (Å²) in [4.78, 5) is 16.9. The van der Waals surface area contributed by atoms with Crippen LogP contribution in [0.25, 0.3) is 6.08 Å². The summed E-state index contributed by atoms with van der Waals surface area (Å²) in [6.07, 6.45) is 2.78. The van der Waals surface area contributed by atoms with E-state index in [4.69, 9.17) is 0 Å². The van der Waals surface area contributed by atoms with Gasteiger partial charge in [0.15, 0.2) is 0 Å². The molecule has 0 aromatic heterocycles. The van der Waals surface area contributed by atoms with Crippen molar-refractivity contribution in [2.75, 3.05) is 33.2 Å². The van der Waals surface area contributed by atoms with Crippen molar-refractivity contribution in [2.24, 2.45) is 0 Å². The first-order valence-corrected chi connectivity index (χ1v) is 9.98. The summed E-state index contributed by atoms with van der Waals surface area (Å²) in [7, 11) is 2.14. The van der Waals surface area contributed by atoms with E-state index in [9.17, 15) is 13.6 Å². The second kappa shape index (κ2) is 10.8. The topological polar surface area (TPSA) is 44.8 Å². The average molecular weight is 415 g/mol. The van der Waals surface area contributed by atoms with E-state index in [-0.39, 0.29) is 11.7 Å². The third-order valence-electron chi connectivity index (χ3n) is 5.04. The van der Waals surface area contributed by atoms with Gasteiger partial charge in [0, 0.05) is 50.9 Å². The lowest BCUT2D eigenvalue weighted by Crippen LogP contribution is -2.43. The third kappa shape index (κ3) is 6.93. The van der Waals surface area contributed by atoms with E-state index in [0.717, 1.165) is 38.3 Å². The number of hydrogen-bond donors (Lipinski definition) is 1. The molecule has 1 saturated heterocycles. The molecule has 1 amide bonds. The highest BCUT2D eigenvalue weighted by Crippen LogP contribution is 2.21. The van der Waals surface area contributed by atoms with E-state index >= 15 is 0 Å². The number of benzene rings is 2. The summed E-state index contributed by atoms with van der Waals surface area (Å²) in [6.45, 7) is 2.76. The van der Waals surface area contributed by atoms with Gasteiger partial charge >= 0.3 is 6.61 Å². The van der Waals surface area contributed by atoms with Crippen molar-refractivity contribution in [2.45, 2.75) is 19.7 Å². The Kier molecular flexibility index (Phi) is 7.93. The number of likely N-dealkylation sites (N-methyl/N-ethyl adjacent to an activating group) is 1. The fraction of sp³-hybridized carbons (Fsp3) is 0.348. The molecule has 0 spiro atoms. The summed E-state index contributed by atoms with van der Waals surface area (Å²) in [5, 5.41) is 2.80. The smallest absolute Gasteiger partial charge is 0.387 e. The van der Waals surface area contributed by atoms with Gasteiger partial charge < -0.3 is 15.0 Å². The molecular formula is C23H27F2N3O2. The van der Waals surface area contributed by atoms with Crippen LogP contribution in [0, 0.1) is 0 Å². The minimum atomic E-state index is -2.91. The number of nitrogens with zero attached hydrogens (tertiary/aromatic N) is 2. The molecule has 2 aromatic carbocycles. The molecule has 1 aliphatic rings. The number of halogens is 2. The van der Waals surface area contributed by atoms with Gasteiger partial charge in [-0.15, -0.1) is 0 Å². The summed E-state index contributed by atoms with van der Waals surface area (Å²) in [5.41, 5.74) is 2.67. The highest BCUT2D eigenvalue weighted by atomic mass is 19.3. The zero-order valence-corrected chi connectivity index (χ0v) is 17.1. The summed E-state index contributed by atoms with van der Waals surface area (Å²) >= 11 is 0. The van der Waals surface area contributed by atoms with Crippen LogP contribution < -0.4 is 10.1 Å². The molecule has 0 atom stereocenters. The largest absolute Gasteiger partial charge is 0.434 e. The first-order valence-electron chi connectivity index (χ1n) is 9.98. The van der Waals surface area contributed by atoms with Crippen molar-refractivity contribution in [3.8, 4) is 5.75 Å². The highest BCUT2D eigenvalue weighted by molar-refractivity contribution is 5.92. The zero-order valence-electron chi connectivity index (χ0n) is 17.1. The molecule has 5 nitrogen and oxygen atoms in total. The van der Waals surface area contributed by atoms with Crippen LogP contribution in [0.2, 0.25) is 0 Å². The molecule has 1 aliphatic heterocycles. The lowest BCUT2D eigenvalue weighted by molar-refractivity contribution is -0.116. The molecule has 0 bridgehead atoms. The van der Waals surface area contributed by atoms with Crippen LogP contribution in [-0.4, -0.2) is 55.5 Å². The Balaban J connectivity index is 1.47. The number of nitrogens with one attached hydrogen (secondary N) is 1. The maximum absolute atomic E-state index is 12.5. The van der Waals surface area contributed by atoms with Gasteiger partial charge in [0.2, 0.25) is 5.91 Å². The van der Waals surface area contributed by atoms with Crippen LogP contribution in [0.15, 0.2) is 54.6 Å². The molecule has 0 unspecified atom stereocenters. The Morgan fingerprint density at radius 3 is 2.43 bits per heavy atom. The van der Waals surface area contributed by atoms with Crippen molar-refractivity contribution in [3.05, 3.63) is 71.3 Å². The van der Waals surface area contributed by atoms with Crippen LogP contribution >= 0.6 is 0 Å². The summed E-state index contributed by atoms with van der Waals surface area (Å²) in [5.74, 6) is -0.268. The number of alkyl halides is 2. The molecule has 3 rings (SSSR count). The van der Waals surface area contributed by atoms with E-state index < -0.39 is 6.61 Å². The SMILES string of the molecule is CN1CCN(Cc2ccc(CNC(=O)/C=C/c3ccccc3OC(F)F)cc2)CC1. The van der Waals surface area contributed by atoms with Crippen LogP contribution in [-0.2, 0) is 17.9 Å². The van der Waals surface area contributed by atoms with Gasteiger partial charge in [-0.25, -0.2) is 0 Å². The Bertz CT molecular complexity index is 848. The number of carbonyl (C=O) groups excluding carboxylic acids is 1. The standard InChI is InChI=1S/C23H27F2N3O2/c1-27-12-14-28(15-13-27)17-19-8-6-18(7-9-19)16-26-22(29)11-10-20-4-2-3-5-21(20)30-23(24)25/h2-11,23H,12-17H2,1H3,(H,26,29)/b11-10+. The number of rotatable bonds is 8. The van der Waals surface area contributed by atoms with Crippen molar-refractivity contribution >= 4 is 12.0 Å². The molecule has 160 valence electrons. The van der Waals surface area contributed by atoms with E-state index in [1.807, 2.05) is 12.1 Å². The van der Waals surface area contributed by atoms with Gasteiger partial charge in [-0.2, -0.15) is 8.78 Å². The second-order valence-electron chi connectivity index (χ2n) is 7.36. The fourth-order valence-electron chi connectivity index (χ4n) is 3.26. The highest BCUT2D eigenvalue weighted by Gasteiger charge is 2.13. The van der Waals surface area contributed by atoms with Gasteiger partial charge in [0.25, 0.3) is 0 Å². The molecule has 0 saturated carbocycles. The Morgan fingerprint density at radius 1 is 1.07 bits per heavy atom. The quantitative estimate of drug-likeness (QED) is 0.672. The summed E-state index contributed by atoms with van der Waals surface area (Å²) in [6, 6.07) is 14.6. The molecule has 7 heteroatoms. The maximum Gasteiger partial charge on any atom is 0.387 e. The van der Waals surface area contributed by atoms with Crippen molar-refractivity contribution in [3.63, 3.8) is 0 Å². The van der Waals surface area contributed by atoms with Gasteiger partial charge in [-0.1, -0.05) is 42.5 Å². The molecular weight excluding hydrogens is 388 g/mol. The Morgan fingerprint density at radius 2 is 1.73 bits per heavy atom. The third-order valence-corrected chi connectivity index (χ3v) is 5.04. The van der Waals surface area contributed by atoms with E-state index in [0.29, 0.717) is 12.1 Å². The first kappa shape index (κ1) is 21.9. The summed E-state index contributed by atoms with van der Waals surface area (Å²) < 4.78 is 29.4. The number of ether oxygens (including phenoxy) is 1. The normalized spacial score (nSPS) is 15.6. The molecule has 0 radical (unpaired) electrons. The number of carbonyl (C=O) groups is 1. The lowest BCUT2D eigenvalue weighted by atomic mass is 10.1. The molecule has 1 fully saturated rings. The predicted octanol–water partition coefficient (Wildman–Crippen LogP) is 3.37. The monoisotopic (exact) mass is 415 g/mol. The number of hydrogen-bond acceptors (Lipinski definition) is 4. The molecule has 2 aromatic rings. The van der Waals surface area contributed by atoms with Crippen molar-refractivity contribution in [1.82, 2.24) is 15.1 Å². The number of para-hydroxylation sites is 1. The maximum atomic E-state index is 12.5. The lowest BCUT2D eigenvalue weighted by Gasteiger charge is -2.32. The fourth-order valence-corrected chi connectivity index (χ4v) is 3.26. The van der Waals surface area contributed by atoms with Crippen molar-refractivity contribution < 1.29 is 18.3 Å². The van der Waals surface area contributed by atoms with Gasteiger partial charge in [-0.05, 0) is 30.3 Å². The van der Waals surface area contributed by atoms with Crippen LogP contribution in [0.3, 0.4) is 0 Å². The first-order chi connectivity index (χ1) is 14.5. The molecule has 1 heterocycles. The van der Waals surface area contributed by atoms with Gasteiger partial charge in [-0.3, -0.25) is 9.69 Å². The van der Waals surface area contributed by atoms with Crippen LogP contribution in [0.1, 0.15) is 16.7 Å². The molecule has 30 heavy (non-hydrogen) atoms. The van der Waals surface area contributed by atoms with Crippen molar-refractivity contribution in [1.29, 1.82) is 0 Å². The van der Waals surface area contributed by atoms with E-state index in [2.05, 4.69) is 39.0 Å². The minimum Gasteiger partial charge on any atom is -0.434 e. The predicted molar refractivity (Wildman–Crippen MR) is 113 cm³/mol. The number of amides is 1. The molecule has 1 N–H and O–H groups in total. The second-order valence-corrected chi connectivity index (χ2v) is 7.36. The van der Waals surface area contributed by atoms with Crippen LogP contribution in [0.4, 0.5) is 8.78 Å². The number of piperazine rings is 1. The van der Waals surface area contributed by atoms with Gasteiger partial charge in [0.05, 0.1) is 0 Å². The molecule has 0 aliphatic carbocycles. The Hall–Kier alpha value is -2.77. The van der Waals surface area contributed by atoms with Gasteiger partial charge in [0.1, 0.15) is 5.75 Å². The van der Waals surface area contributed by atoms with E-state index in [1.165, 1.54) is 23.8 Å². The average Bonchev–Trinajstić information content (AvgIpc) is 2.74. The van der Waals surface area contributed by atoms with Crippen LogP contribution in [0.5, 0.6) is 5.75 Å². The Labute approximate surface area is 175 Å². The minimum absolute atomic E-state index is 0.0347.